The number of benzene rings is 1. The summed E-state index contributed by atoms with van der Waals surface area (Å²) < 4.78 is 18.3. The SMILES string of the molecule is COc1ccc(F)cc1CC(=O)NC1(C(=O)O)CCC1. The number of nitrogens with one attached hydrogen (secondary N) is 1. The standard InChI is InChI=1S/C14H16FNO4/c1-20-11-4-3-10(15)7-9(11)8-12(17)16-14(13(18)19)5-2-6-14/h3-4,7H,2,5-6,8H2,1H3,(H,16,17)(H,18,19). The molecular weight excluding hydrogens is 265 g/mol. The van der Waals surface area contributed by atoms with E-state index in [1.54, 1.807) is 0 Å². The van der Waals surface area contributed by atoms with Crippen molar-refractivity contribution in [1.29, 1.82) is 0 Å². The van der Waals surface area contributed by atoms with E-state index in [1.165, 1.54) is 25.3 Å². The minimum absolute atomic E-state index is 0.115. The number of hydrogen-bond acceptors (Lipinski definition) is 3. The number of aliphatic carboxylic acids is 1. The van der Waals surface area contributed by atoms with Crippen LogP contribution in [0.25, 0.3) is 0 Å². The van der Waals surface area contributed by atoms with Gasteiger partial charge in [0.15, 0.2) is 0 Å². The third-order valence-corrected chi connectivity index (χ3v) is 3.59. The van der Waals surface area contributed by atoms with E-state index in [4.69, 9.17) is 9.84 Å². The van der Waals surface area contributed by atoms with Crippen LogP contribution < -0.4 is 10.1 Å². The maximum atomic E-state index is 13.2. The Kier molecular flexibility index (Phi) is 3.92. The number of carbonyl (C=O) groups excluding carboxylic acids is 1. The maximum absolute atomic E-state index is 13.2. The lowest BCUT2D eigenvalue weighted by Crippen LogP contribution is -2.59. The highest BCUT2D eigenvalue weighted by Crippen LogP contribution is 2.32. The van der Waals surface area contributed by atoms with Crippen molar-refractivity contribution in [2.24, 2.45) is 0 Å². The zero-order valence-corrected chi connectivity index (χ0v) is 11.1. The van der Waals surface area contributed by atoms with Crippen LogP contribution in [0.4, 0.5) is 4.39 Å². The third kappa shape index (κ3) is 2.74. The first-order valence-corrected chi connectivity index (χ1v) is 6.34. The second-order valence-electron chi connectivity index (χ2n) is 4.92. The van der Waals surface area contributed by atoms with Crippen molar-refractivity contribution in [2.45, 2.75) is 31.2 Å². The van der Waals surface area contributed by atoms with Crippen LogP contribution >= 0.6 is 0 Å². The van der Waals surface area contributed by atoms with Crippen molar-refractivity contribution in [3.63, 3.8) is 0 Å². The first-order chi connectivity index (χ1) is 9.47. The molecule has 1 aromatic carbocycles. The van der Waals surface area contributed by atoms with Gasteiger partial charge in [0.05, 0.1) is 13.5 Å². The second kappa shape index (κ2) is 5.48. The van der Waals surface area contributed by atoms with E-state index in [0.717, 1.165) is 6.42 Å². The molecule has 2 N–H and O–H groups in total. The highest BCUT2D eigenvalue weighted by Gasteiger charge is 2.45. The van der Waals surface area contributed by atoms with Crippen LogP contribution in [0.15, 0.2) is 18.2 Å². The normalized spacial score (nSPS) is 16.1. The van der Waals surface area contributed by atoms with Gasteiger partial charge in [-0.05, 0) is 37.5 Å². The molecule has 5 nitrogen and oxygen atoms in total. The van der Waals surface area contributed by atoms with E-state index in [0.29, 0.717) is 24.2 Å². The topological polar surface area (TPSA) is 75.6 Å². The number of carboxylic acid groups (broad SMARTS) is 1. The lowest BCUT2D eigenvalue weighted by atomic mass is 9.76. The smallest absolute Gasteiger partial charge is 0.329 e. The number of methoxy groups -OCH3 is 1. The summed E-state index contributed by atoms with van der Waals surface area (Å²) in [6, 6.07) is 3.89. The number of hydrogen-bond donors (Lipinski definition) is 2. The number of halogens is 1. The van der Waals surface area contributed by atoms with Gasteiger partial charge in [-0.3, -0.25) is 4.79 Å². The van der Waals surface area contributed by atoms with Crippen LogP contribution in [0.3, 0.4) is 0 Å². The van der Waals surface area contributed by atoms with Crippen molar-refractivity contribution in [3.8, 4) is 5.75 Å². The molecule has 0 atom stereocenters. The molecule has 0 heterocycles. The first kappa shape index (κ1) is 14.3. The maximum Gasteiger partial charge on any atom is 0.329 e. The molecule has 1 saturated carbocycles. The fourth-order valence-corrected chi connectivity index (χ4v) is 2.29. The highest BCUT2D eigenvalue weighted by atomic mass is 19.1. The van der Waals surface area contributed by atoms with Crippen LogP contribution in [0.5, 0.6) is 5.75 Å². The molecule has 2 rings (SSSR count). The van der Waals surface area contributed by atoms with Gasteiger partial charge in [0.1, 0.15) is 17.1 Å². The van der Waals surface area contributed by atoms with Crippen LogP contribution in [0.2, 0.25) is 0 Å². The van der Waals surface area contributed by atoms with Crippen LogP contribution in [0, 0.1) is 5.82 Å². The molecule has 1 amide bonds. The van der Waals surface area contributed by atoms with Crippen LogP contribution in [-0.2, 0) is 16.0 Å². The minimum Gasteiger partial charge on any atom is -0.496 e. The minimum atomic E-state index is -1.16. The number of amides is 1. The van der Waals surface area contributed by atoms with Crippen molar-refractivity contribution >= 4 is 11.9 Å². The van der Waals surface area contributed by atoms with Gasteiger partial charge in [0, 0.05) is 5.56 Å². The monoisotopic (exact) mass is 281 g/mol. The largest absolute Gasteiger partial charge is 0.496 e. The predicted molar refractivity (Wildman–Crippen MR) is 69.0 cm³/mol. The van der Waals surface area contributed by atoms with E-state index in [1.807, 2.05) is 0 Å². The molecule has 1 aromatic rings. The Morgan fingerprint density at radius 2 is 2.15 bits per heavy atom. The summed E-state index contributed by atoms with van der Waals surface area (Å²) in [5.74, 6) is -1.54. The molecule has 0 aromatic heterocycles. The summed E-state index contributed by atoms with van der Waals surface area (Å²) >= 11 is 0. The van der Waals surface area contributed by atoms with Crippen molar-refractivity contribution in [1.82, 2.24) is 5.32 Å². The quantitative estimate of drug-likeness (QED) is 0.857. The highest BCUT2D eigenvalue weighted by molar-refractivity contribution is 5.89. The molecule has 0 bridgehead atoms. The lowest BCUT2D eigenvalue weighted by molar-refractivity contribution is -0.151. The number of carbonyl (C=O) groups is 2. The average Bonchev–Trinajstić information content (AvgIpc) is 2.33. The van der Waals surface area contributed by atoms with Crippen LogP contribution in [-0.4, -0.2) is 29.6 Å². The van der Waals surface area contributed by atoms with E-state index in [2.05, 4.69) is 5.32 Å². The summed E-state index contributed by atoms with van der Waals surface area (Å²) in [6.07, 6.45) is 1.51. The van der Waals surface area contributed by atoms with E-state index in [9.17, 15) is 14.0 Å². The Morgan fingerprint density at radius 3 is 2.65 bits per heavy atom. The predicted octanol–water partition coefficient (Wildman–Crippen LogP) is 1.50. The number of rotatable bonds is 5. The molecule has 0 spiro atoms. The number of carboxylic acids is 1. The molecule has 1 fully saturated rings. The van der Waals surface area contributed by atoms with Gasteiger partial charge in [0.25, 0.3) is 0 Å². The van der Waals surface area contributed by atoms with Gasteiger partial charge in [-0.1, -0.05) is 0 Å². The Bertz CT molecular complexity index is 540. The van der Waals surface area contributed by atoms with Crippen molar-refractivity contribution < 1.29 is 23.8 Å². The summed E-state index contributed by atoms with van der Waals surface area (Å²) in [4.78, 5) is 23.1. The first-order valence-electron chi connectivity index (χ1n) is 6.34. The molecule has 108 valence electrons. The van der Waals surface area contributed by atoms with Gasteiger partial charge in [-0.2, -0.15) is 0 Å². The summed E-state index contributed by atoms with van der Waals surface area (Å²) in [7, 11) is 1.43. The lowest BCUT2D eigenvalue weighted by Gasteiger charge is -2.38. The number of ether oxygens (including phenoxy) is 1. The summed E-state index contributed by atoms with van der Waals surface area (Å²) in [5, 5.41) is 11.7. The van der Waals surface area contributed by atoms with E-state index < -0.39 is 23.2 Å². The molecule has 0 unspecified atom stereocenters. The van der Waals surface area contributed by atoms with E-state index >= 15 is 0 Å². The summed E-state index contributed by atoms with van der Waals surface area (Å²) in [6.45, 7) is 0. The molecular formula is C14H16FNO4. The molecule has 0 saturated heterocycles. The summed E-state index contributed by atoms with van der Waals surface area (Å²) in [5.41, 5.74) is -0.762. The Hall–Kier alpha value is -2.11. The third-order valence-electron chi connectivity index (χ3n) is 3.59. The van der Waals surface area contributed by atoms with Crippen LogP contribution in [0.1, 0.15) is 24.8 Å². The molecule has 6 heteroatoms. The van der Waals surface area contributed by atoms with Gasteiger partial charge in [-0.15, -0.1) is 0 Å². The van der Waals surface area contributed by atoms with Crippen molar-refractivity contribution in [2.75, 3.05) is 7.11 Å². The van der Waals surface area contributed by atoms with Gasteiger partial charge in [0.2, 0.25) is 5.91 Å². The van der Waals surface area contributed by atoms with Gasteiger partial charge < -0.3 is 15.2 Å². The average molecular weight is 281 g/mol. The molecule has 20 heavy (non-hydrogen) atoms. The zero-order valence-electron chi connectivity index (χ0n) is 11.1. The van der Waals surface area contributed by atoms with E-state index in [-0.39, 0.29) is 6.42 Å². The molecule has 0 aliphatic heterocycles. The van der Waals surface area contributed by atoms with Gasteiger partial charge in [-0.25, -0.2) is 9.18 Å². The fraction of sp³-hybridized carbons (Fsp3) is 0.429. The Balaban J connectivity index is 2.08. The Morgan fingerprint density at radius 1 is 1.45 bits per heavy atom. The fourth-order valence-electron chi connectivity index (χ4n) is 2.29. The van der Waals surface area contributed by atoms with Crippen molar-refractivity contribution in [3.05, 3.63) is 29.6 Å². The molecule has 1 aliphatic carbocycles. The zero-order chi connectivity index (χ0) is 14.8. The molecule has 1 aliphatic rings. The Labute approximate surface area is 115 Å². The second-order valence-corrected chi connectivity index (χ2v) is 4.92. The van der Waals surface area contributed by atoms with Gasteiger partial charge >= 0.3 is 5.97 Å². The molecule has 0 radical (unpaired) electrons.